The van der Waals surface area contributed by atoms with Crippen LogP contribution >= 0.6 is 0 Å². The monoisotopic (exact) mass is 1300 g/mol. The fourth-order valence-electron chi connectivity index (χ4n) is 14.2. The van der Waals surface area contributed by atoms with Gasteiger partial charge in [-0.15, -0.1) is 0 Å². The Bertz CT molecular complexity index is 3600. The van der Waals surface area contributed by atoms with E-state index in [0.29, 0.717) is 58.4 Å². The molecule has 4 aliphatic rings. The van der Waals surface area contributed by atoms with Crippen LogP contribution in [0.5, 0.6) is 0 Å². The first-order valence-corrected chi connectivity index (χ1v) is 32.0. The molecule has 0 bridgehead atoms. The number of esters is 2. The second-order valence-corrected chi connectivity index (χ2v) is 24.8. The topological polar surface area (TPSA) is 99.5 Å². The molecule has 11 nitrogen and oxygen atoms in total. The maximum Gasteiger partial charge on any atom is 0.338 e. The van der Waals surface area contributed by atoms with Crippen molar-refractivity contribution in [1.82, 2.24) is 19.6 Å². The number of halogens is 6. The smallest absolute Gasteiger partial charge is 0.338 e. The SMILES string of the molecule is C.C.COC(=O)C1=C(C)N=C(C)N(CCCCCN2CCC(c3ccc(F)cc3)(c3ccc(F)cc3)CC2)C1c1ccc(F)c(F)c1.COCC1=NC(C)=C(C(=O)OC)C(c2ccc(F)c(F)c2)N1CCCCCN1CCC(c2ccc(C)cc2)(c2ccccc2C)CC1. The van der Waals surface area contributed by atoms with Gasteiger partial charge in [-0.3, -0.25) is 0 Å². The number of carbonyl (C=O) groups is 2. The van der Waals surface area contributed by atoms with Gasteiger partial charge in [0.1, 0.15) is 29.9 Å². The van der Waals surface area contributed by atoms with E-state index in [0.717, 1.165) is 139 Å². The number of hydrogen-bond acceptors (Lipinski definition) is 11. The van der Waals surface area contributed by atoms with Gasteiger partial charge in [0, 0.05) is 31.0 Å². The fraction of sp³-hybridized carbons (Fsp3) is 0.429. The van der Waals surface area contributed by atoms with E-state index in [2.05, 4.69) is 82.2 Å². The van der Waals surface area contributed by atoms with Crippen LogP contribution in [-0.4, -0.2) is 124 Å². The van der Waals surface area contributed by atoms with E-state index in [1.54, 1.807) is 21.0 Å². The zero-order valence-electron chi connectivity index (χ0n) is 54.3. The lowest BCUT2D eigenvalue weighted by atomic mass is 9.66. The predicted octanol–water partition coefficient (Wildman–Crippen LogP) is 16.7. The molecule has 0 N–H and O–H groups in total. The number of unbranched alkanes of at least 4 members (excludes halogenated alkanes) is 4. The molecule has 4 aliphatic heterocycles. The van der Waals surface area contributed by atoms with Crippen molar-refractivity contribution >= 4 is 23.6 Å². The highest BCUT2D eigenvalue weighted by molar-refractivity contribution is 5.96. The van der Waals surface area contributed by atoms with E-state index >= 15 is 0 Å². The lowest BCUT2D eigenvalue weighted by Crippen LogP contribution is -2.44. The molecule has 2 fully saturated rings. The molecule has 2 atom stereocenters. The van der Waals surface area contributed by atoms with E-state index < -0.39 is 47.3 Å². The van der Waals surface area contributed by atoms with E-state index in [4.69, 9.17) is 14.2 Å². The summed E-state index contributed by atoms with van der Waals surface area (Å²) in [5.41, 5.74) is 9.78. The molecule has 4 heterocycles. The molecule has 10 rings (SSSR count). The highest BCUT2D eigenvalue weighted by Gasteiger charge is 2.42. The van der Waals surface area contributed by atoms with Gasteiger partial charge in [0.25, 0.3) is 0 Å². The average Bonchev–Trinajstić information content (AvgIpc) is 0.790. The summed E-state index contributed by atoms with van der Waals surface area (Å²) >= 11 is 0. The third-order valence-corrected chi connectivity index (χ3v) is 19.2. The van der Waals surface area contributed by atoms with Gasteiger partial charge in [-0.1, -0.05) is 118 Å². The van der Waals surface area contributed by atoms with E-state index in [-0.39, 0.29) is 43.9 Å². The maximum atomic E-state index is 14.4. The Labute approximate surface area is 553 Å². The Morgan fingerprint density at radius 2 is 0.894 bits per heavy atom. The molecule has 0 saturated carbocycles. The molecular weight excluding hydrogens is 1200 g/mol. The minimum Gasteiger partial charge on any atom is -0.466 e. The summed E-state index contributed by atoms with van der Waals surface area (Å²) in [6.45, 7) is 16.8. The highest BCUT2D eigenvalue weighted by atomic mass is 19.2. The summed E-state index contributed by atoms with van der Waals surface area (Å²) < 4.78 is 99.5. The Morgan fingerprint density at radius 3 is 1.35 bits per heavy atom. The summed E-state index contributed by atoms with van der Waals surface area (Å²) in [5.74, 6) is -4.12. The fourth-order valence-corrected chi connectivity index (χ4v) is 14.2. The Morgan fingerprint density at radius 1 is 0.479 bits per heavy atom. The minimum absolute atomic E-state index is 0. The van der Waals surface area contributed by atoms with E-state index in [9.17, 15) is 35.9 Å². The van der Waals surface area contributed by atoms with Gasteiger partial charge in [-0.2, -0.15) is 0 Å². The number of hydrogen-bond donors (Lipinski definition) is 0. The molecule has 2 saturated heterocycles. The summed E-state index contributed by atoms with van der Waals surface area (Å²) in [5, 5.41) is 0. The van der Waals surface area contributed by atoms with Crippen molar-refractivity contribution in [2.75, 3.05) is 80.3 Å². The van der Waals surface area contributed by atoms with Crippen LogP contribution in [0.3, 0.4) is 0 Å². The van der Waals surface area contributed by atoms with Gasteiger partial charge < -0.3 is 33.8 Å². The van der Waals surface area contributed by atoms with Crippen molar-refractivity contribution in [3.8, 4) is 0 Å². The first kappa shape index (κ1) is 73.5. The third-order valence-electron chi connectivity index (χ3n) is 19.2. The summed E-state index contributed by atoms with van der Waals surface area (Å²) in [6, 6.07) is 37.4. The Balaban J connectivity index is 0.000000261. The number of amidine groups is 2. The molecule has 0 aromatic heterocycles. The van der Waals surface area contributed by atoms with Gasteiger partial charge in [-0.05, 0) is 213 Å². The lowest BCUT2D eigenvalue weighted by molar-refractivity contribution is -0.137. The number of benzene rings is 6. The minimum atomic E-state index is -0.973. The quantitative estimate of drug-likeness (QED) is 0.0374. The van der Waals surface area contributed by atoms with Gasteiger partial charge in [0.15, 0.2) is 23.3 Å². The van der Waals surface area contributed by atoms with Crippen molar-refractivity contribution in [2.45, 2.75) is 137 Å². The number of likely N-dealkylation sites (tertiary alicyclic amines) is 2. The molecule has 0 spiro atoms. The number of carbonyl (C=O) groups excluding carboxylic acids is 2. The maximum absolute atomic E-state index is 14.4. The predicted molar refractivity (Wildman–Crippen MR) is 363 cm³/mol. The molecule has 504 valence electrons. The number of ether oxygens (including phenoxy) is 3. The Hall–Kier alpha value is -7.86. The molecule has 6 aromatic carbocycles. The van der Waals surface area contributed by atoms with Crippen molar-refractivity contribution in [3.05, 3.63) is 235 Å². The molecule has 0 amide bonds. The second kappa shape index (κ2) is 33.5. The van der Waals surface area contributed by atoms with Crippen LogP contribution in [0.25, 0.3) is 0 Å². The number of aliphatic imine (C=N–C) groups is 2. The lowest BCUT2D eigenvalue weighted by Gasteiger charge is -2.43. The molecule has 6 aromatic rings. The molecule has 17 heteroatoms. The van der Waals surface area contributed by atoms with Crippen LogP contribution in [0, 0.1) is 48.8 Å². The van der Waals surface area contributed by atoms with Crippen LogP contribution in [0.4, 0.5) is 26.3 Å². The van der Waals surface area contributed by atoms with E-state index in [1.807, 2.05) is 41.0 Å². The molecule has 2 unspecified atom stereocenters. The normalized spacial score (nSPS) is 18.1. The van der Waals surface area contributed by atoms with Crippen LogP contribution in [0.1, 0.15) is 156 Å². The first-order chi connectivity index (χ1) is 44.3. The number of nitrogens with zero attached hydrogens (tertiary/aromatic N) is 6. The number of piperidine rings is 2. The van der Waals surface area contributed by atoms with Crippen LogP contribution in [0.2, 0.25) is 0 Å². The molecule has 94 heavy (non-hydrogen) atoms. The standard InChI is InChI=1S/C39H47F2N3O3.C36H39F4N3O2.2CH4/c1-27-13-16-31(17-14-27)39(32-12-8-7-11-28(32)2)19-23-43(24-20-39)21-9-6-10-22-44-35(26-46-4)42-29(3)36(38(45)47-5)37(44)30-15-18-33(40)34(41)25-30;1-24-33(35(44)45-3)34(26-7-16-31(39)32(40)23-26)43(25(2)41-24)20-6-4-5-19-42-21-17-36(18-22-42,27-8-12-29(37)13-9-27)28-10-14-30(38)15-11-28;;/h7-8,11-18,25,37H,6,9-10,19-24,26H2,1-5H3;7-16,23,34H,4-6,17-22H2,1-3H3;2*1H4. The number of allylic oxidation sites excluding steroid dienone is 2. The highest BCUT2D eigenvalue weighted by Crippen LogP contribution is 2.45. The van der Waals surface area contributed by atoms with Crippen LogP contribution < -0.4 is 0 Å². The molecule has 0 aliphatic carbocycles. The average molecular weight is 1300 g/mol. The van der Waals surface area contributed by atoms with Gasteiger partial charge in [0.05, 0.1) is 48.8 Å². The third kappa shape index (κ3) is 16.8. The number of aryl methyl sites for hydroxylation is 2. The van der Waals surface area contributed by atoms with Crippen molar-refractivity contribution in [3.63, 3.8) is 0 Å². The van der Waals surface area contributed by atoms with Crippen LogP contribution in [-0.2, 0) is 34.6 Å². The first-order valence-electron chi connectivity index (χ1n) is 32.0. The summed E-state index contributed by atoms with van der Waals surface area (Å²) in [7, 11) is 4.20. The van der Waals surface area contributed by atoms with Crippen molar-refractivity contribution < 1.29 is 50.1 Å². The molecular formula is C77H94F6N6O5. The molecule has 0 radical (unpaired) electrons. The zero-order valence-corrected chi connectivity index (χ0v) is 54.3. The number of rotatable bonds is 22. The Kier molecular flexibility index (Phi) is 26.2. The number of methoxy groups -OCH3 is 3. The summed E-state index contributed by atoms with van der Waals surface area (Å²) in [4.78, 5) is 44.0. The van der Waals surface area contributed by atoms with Gasteiger partial charge >= 0.3 is 11.9 Å². The van der Waals surface area contributed by atoms with Crippen LogP contribution in [0.15, 0.2) is 166 Å². The van der Waals surface area contributed by atoms with E-state index in [1.165, 1.54) is 72.9 Å². The second-order valence-electron chi connectivity index (χ2n) is 24.8. The zero-order chi connectivity index (χ0) is 65.7. The van der Waals surface area contributed by atoms with Gasteiger partial charge in [-0.25, -0.2) is 45.9 Å². The van der Waals surface area contributed by atoms with Gasteiger partial charge in [0.2, 0.25) is 0 Å². The summed E-state index contributed by atoms with van der Waals surface area (Å²) in [6.07, 6.45) is 9.34. The largest absolute Gasteiger partial charge is 0.466 e. The van der Waals surface area contributed by atoms with Crippen molar-refractivity contribution in [2.24, 2.45) is 9.98 Å². The van der Waals surface area contributed by atoms with Crippen molar-refractivity contribution in [1.29, 1.82) is 0 Å².